The highest BCUT2D eigenvalue weighted by Crippen LogP contribution is 2.45. The Morgan fingerprint density at radius 2 is 1.95 bits per heavy atom. The molecule has 2 nitrogen and oxygen atoms in total. The molecule has 21 heavy (non-hydrogen) atoms. The second kappa shape index (κ2) is 5.92. The van der Waals surface area contributed by atoms with E-state index in [0.29, 0.717) is 24.2 Å². The molecule has 1 aliphatic carbocycles. The summed E-state index contributed by atoms with van der Waals surface area (Å²) in [6.45, 7) is 5.31. The lowest BCUT2D eigenvalue weighted by Crippen LogP contribution is -2.45. The zero-order chi connectivity index (χ0) is 15.0. The maximum Gasteiger partial charge on any atom is 0.137 e. The van der Waals surface area contributed by atoms with E-state index in [0.717, 1.165) is 5.92 Å². The van der Waals surface area contributed by atoms with E-state index in [1.807, 2.05) is 6.92 Å². The molecule has 2 heteroatoms. The minimum atomic E-state index is 0.190. The van der Waals surface area contributed by atoms with Crippen LogP contribution < -0.4 is 0 Å². The van der Waals surface area contributed by atoms with Crippen LogP contribution in [0.2, 0.25) is 0 Å². The second-order valence-corrected chi connectivity index (χ2v) is 7.05. The van der Waals surface area contributed by atoms with Crippen molar-refractivity contribution >= 4 is 5.78 Å². The molecule has 4 atom stereocenters. The number of piperidine rings is 1. The zero-order valence-electron chi connectivity index (χ0n) is 13.5. The van der Waals surface area contributed by atoms with Gasteiger partial charge in [-0.15, -0.1) is 0 Å². The fraction of sp³-hybridized carbons (Fsp3) is 0.632. The van der Waals surface area contributed by atoms with E-state index in [1.165, 1.54) is 36.9 Å². The average molecular weight is 285 g/mol. The number of hydrogen-bond acceptors (Lipinski definition) is 2. The monoisotopic (exact) mass is 285 g/mol. The van der Waals surface area contributed by atoms with Crippen LogP contribution in [0.5, 0.6) is 0 Å². The number of carbonyl (C=O) groups is 1. The molecule has 1 saturated carbocycles. The molecule has 0 N–H and O–H groups in total. The highest BCUT2D eigenvalue weighted by molar-refractivity contribution is 5.82. The summed E-state index contributed by atoms with van der Waals surface area (Å²) in [4.78, 5) is 15.1. The molecule has 2 bridgehead atoms. The Hall–Kier alpha value is -1.15. The van der Waals surface area contributed by atoms with Crippen LogP contribution in [-0.4, -0.2) is 30.3 Å². The van der Waals surface area contributed by atoms with Gasteiger partial charge in [0.15, 0.2) is 0 Å². The molecule has 0 aromatic heterocycles. The van der Waals surface area contributed by atoms with Gasteiger partial charge in [0.1, 0.15) is 5.78 Å². The lowest BCUT2D eigenvalue weighted by Gasteiger charge is -2.37. The van der Waals surface area contributed by atoms with Crippen LogP contribution in [0.3, 0.4) is 0 Å². The summed E-state index contributed by atoms with van der Waals surface area (Å²) in [7, 11) is 2.21. The maximum absolute atomic E-state index is 12.7. The van der Waals surface area contributed by atoms with Gasteiger partial charge in [-0.1, -0.05) is 36.8 Å². The Labute approximate surface area is 128 Å². The van der Waals surface area contributed by atoms with Crippen molar-refractivity contribution in [3.05, 3.63) is 35.4 Å². The normalized spacial score (nSPS) is 32.9. The molecule has 2 unspecified atom stereocenters. The molecule has 0 spiro atoms. The Morgan fingerprint density at radius 3 is 2.57 bits per heavy atom. The molecule has 3 aliphatic rings. The summed E-state index contributed by atoms with van der Waals surface area (Å²) < 4.78 is 0. The van der Waals surface area contributed by atoms with E-state index in [1.54, 1.807) is 0 Å². The summed E-state index contributed by atoms with van der Waals surface area (Å²) in [6.07, 6.45) is 4.34. The van der Waals surface area contributed by atoms with Crippen molar-refractivity contribution in [1.29, 1.82) is 0 Å². The number of carbonyl (C=O) groups excluding carboxylic acids is 1. The molecule has 2 saturated heterocycles. The van der Waals surface area contributed by atoms with Gasteiger partial charge in [0.25, 0.3) is 0 Å². The standard InChI is InChI=1S/C19H27NO/c1-4-18(21)19-16(15-8-5-13(2)6-9-15)11-14-7-10-17(19)20(3)12-14/h5-6,8-9,14,16-17,19H,4,7,10-12H2,1-3H3/t14?,16-,17?,19-/m1/s1. The van der Waals surface area contributed by atoms with Crippen molar-refractivity contribution in [2.45, 2.75) is 51.5 Å². The molecule has 2 aliphatic heterocycles. The average Bonchev–Trinajstić information content (AvgIpc) is 2.74. The molecule has 3 fully saturated rings. The van der Waals surface area contributed by atoms with E-state index >= 15 is 0 Å². The Bertz CT molecular complexity index is 507. The van der Waals surface area contributed by atoms with E-state index < -0.39 is 0 Å². The second-order valence-electron chi connectivity index (χ2n) is 7.05. The van der Waals surface area contributed by atoms with E-state index in [2.05, 4.69) is 43.1 Å². The molecular weight excluding hydrogens is 258 g/mol. The molecular formula is C19H27NO. The summed E-state index contributed by atoms with van der Waals surface area (Å²) in [6, 6.07) is 9.34. The van der Waals surface area contributed by atoms with Gasteiger partial charge >= 0.3 is 0 Å². The molecule has 1 aromatic carbocycles. The topological polar surface area (TPSA) is 20.3 Å². The van der Waals surface area contributed by atoms with Crippen LogP contribution in [0.25, 0.3) is 0 Å². The van der Waals surface area contributed by atoms with E-state index in [4.69, 9.17) is 0 Å². The summed E-state index contributed by atoms with van der Waals surface area (Å²) >= 11 is 0. The fourth-order valence-electron chi connectivity index (χ4n) is 4.51. The van der Waals surface area contributed by atoms with Crippen LogP contribution >= 0.6 is 0 Å². The summed E-state index contributed by atoms with van der Waals surface area (Å²) in [5.41, 5.74) is 2.67. The van der Waals surface area contributed by atoms with Crippen LogP contribution in [0.4, 0.5) is 0 Å². The predicted octanol–water partition coefficient (Wildman–Crippen LogP) is 3.79. The fourth-order valence-corrected chi connectivity index (χ4v) is 4.51. The Balaban J connectivity index is 1.99. The first-order valence-electron chi connectivity index (χ1n) is 8.39. The van der Waals surface area contributed by atoms with Crippen molar-refractivity contribution < 1.29 is 4.79 Å². The quantitative estimate of drug-likeness (QED) is 0.842. The number of aryl methyl sites for hydroxylation is 1. The van der Waals surface area contributed by atoms with Crippen molar-refractivity contribution in [3.8, 4) is 0 Å². The lowest BCUT2D eigenvalue weighted by atomic mass is 9.77. The maximum atomic E-state index is 12.7. The van der Waals surface area contributed by atoms with Crippen molar-refractivity contribution in [2.75, 3.05) is 13.6 Å². The molecule has 2 heterocycles. The van der Waals surface area contributed by atoms with Gasteiger partial charge in [-0.2, -0.15) is 0 Å². The number of rotatable bonds is 3. The summed E-state index contributed by atoms with van der Waals surface area (Å²) in [5, 5.41) is 0. The summed E-state index contributed by atoms with van der Waals surface area (Å²) in [5.74, 6) is 1.82. The minimum Gasteiger partial charge on any atom is -0.302 e. The number of fused-ring (bicyclic) bond motifs is 4. The zero-order valence-corrected chi connectivity index (χ0v) is 13.5. The molecule has 0 amide bonds. The third kappa shape index (κ3) is 2.78. The number of Topliss-reactive ketones (excluding diaryl/α,β-unsaturated/α-hetero) is 1. The molecule has 1 aromatic rings. The van der Waals surface area contributed by atoms with Crippen molar-refractivity contribution in [3.63, 3.8) is 0 Å². The van der Waals surface area contributed by atoms with Crippen molar-refractivity contribution in [1.82, 2.24) is 4.90 Å². The van der Waals surface area contributed by atoms with E-state index in [-0.39, 0.29) is 5.92 Å². The van der Waals surface area contributed by atoms with Crippen LogP contribution in [0, 0.1) is 18.8 Å². The van der Waals surface area contributed by atoms with Gasteiger partial charge in [-0.05, 0) is 50.6 Å². The number of nitrogens with zero attached hydrogens (tertiary/aromatic N) is 1. The highest BCUT2D eigenvalue weighted by Gasteiger charge is 2.44. The van der Waals surface area contributed by atoms with Crippen molar-refractivity contribution in [2.24, 2.45) is 11.8 Å². The highest BCUT2D eigenvalue weighted by atomic mass is 16.1. The van der Waals surface area contributed by atoms with Crippen LogP contribution in [0.15, 0.2) is 24.3 Å². The largest absolute Gasteiger partial charge is 0.302 e. The smallest absolute Gasteiger partial charge is 0.137 e. The Kier molecular flexibility index (Phi) is 4.17. The van der Waals surface area contributed by atoms with Gasteiger partial charge in [-0.25, -0.2) is 0 Å². The third-order valence-electron chi connectivity index (χ3n) is 5.64. The third-order valence-corrected chi connectivity index (χ3v) is 5.64. The molecule has 114 valence electrons. The lowest BCUT2D eigenvalue weighted by molar-refractivity contribution is -0.125. The van der Waals surface area contributed by atoms with Gasteiger partial charge in [0.05, 0.1) is 0 Å². The van der Waals surface area contributed by atoms with Gasteiger partial charge in [-0.3, -0.25) is 4.79 Å². The SMILES string of the molecule is CCC(=O)[C@H]1C2CCC(C[C@@H]1c1ccc(C)cc1)CN2C. The van der Waals surface area contributed by atoms with Gasteiger partial charge in [0.2, 0.25) is 0 Å². The number of ketones is 1. The number of benzene rings is 1. The molecule has 4 rings (SSSR count). The first kappa shape index (κ1) is 14.8. The predicted molar refractivity (Wildman–Crippen MR) is 86.5 cm³/mol. The first-order chi connectivity index (χ1) is 10.1. The minimum absolute atomic E-state index is 0.190. The first-order valence-corrected chi connectivity index (χ1v) is 8.39. The van der Waals surface area contributed by atoms with Gasteiger partial charge < -0.3 is 4.90 Å². The van der Waals surface area contributed by atoms with E-state index in [9.17, 15) is 4.79 Å². The number of hydrogen-bond donors (Lipinski definition) is 0. The Morgan fingerprint density at radius 1 is 1.24 bits per heavy atom. The van der Waals surface area contributed by atoms with Crippen LogP contribution in [-0.2, 0) is 4.79 Å². The molecule has 0 radical (unpaired) electrons. The van der Waals surface area contributed by atoms with Crippen LogP contribution in [0.1, 0.15) is 49.7 Å². The van der Waals surface area contributed by atoms with Gasteiger partial charge in [0, 0.05) is 24.9 Å².